The molecule has 0 saturated heterocycles. The molecule has 0 fully saturated rings. The van der Waals surface area contributed by atoms with Crippen molar-refractivity contribution in [2.75, 3.05) is 5.32 Å². The highest BCUT2D eigenvalue weighted by atomic mass is 35.5. The van der Waals surface area contributed by atoms with Crippen LogP contribution in [-0.4, -0.2) is 6.04 Å². The smallest absolute Gasteiger partial charge is 0.0407 e. The lowest BCUT2D eigenvalue weighted by atomic mass is 10.1. The molecule has 1 unspecified atom stereocenters. The van der Waals surface area contributed by atoms with Crippen LogP contribution >= 0.6 is 11.6 Å². The van der Waals surface area contributed by atoms with Crippen LogP contribution in [0, 0.1) is 0 Å². The van der Waals surface area contributed by atoms with Crippen molar-refractivity contribution in [3.05, 3.63) is 65.2 Å². The fourth-order valence-electron chi connectivity index (χ4n) is 1.93. The fourth-order valence-corrected chi connectivity index (χ4v) is 2.06. The first-order valence-electron chi connectivity index (χ1n) is 6.30. The quantitative estimate of drug-likeness (QED) is 0.815. The van der Waals surface area contributed by atoms with E-state index in [1.165, 1.54) is 5.56 Å². The van der Waals surface area contributed by atoms with Crippen LogP contribution in [0.2, 0.25) is 5.02 Å². The molecule has 18 heavy (non-hydrogen) atoms. The Hall–Kier alpha value is -1.47. The zero-order valence-electron chi connectivity index (χ0n) is 10.6. The van der Waals surface area contributed by atoms with Crippen LogP contribution in [-0.2, 0) is 6.42 Å². The molecule has 0 spiro atoms. The van der Waals surface area contributed by atoms with Gasteiger partial charge >= 0.3 is 0 Å². The zero-order chi connectivity index (χ0) is 12.8. The highest BCUT2D eigenvalue weighted by Crippen LogP contribution is 2.15. The summed E-state index contributed by atoms with van der Waals surface area (Å²) in [4.78, 5) is 0. The van der Waals surface area contributed by atoms with Gasteiger partial charge in [0, 0.05) is 16.8 Å². The van der Waals surface area contributed by atoms with Crippen molar-refractivity contribution in [2.45, 2.75) is 25.8 Å². The van der Waals surface area contributed by atoms with E-state index < -0.39 is 0 Å². The van der Waals surface area contributed by atoms with Gasteiger partial charge in [0.2, 0.25) is 0 Å². The van der Waals surface area contributed by atoms with Crippen molar-refractivity contribution < 1.29 is 0 Å². The second-order valence-electron chi connectivity index (χ2n) is 4.58. The average molecular weight is 260 g/mol. The molecule has 2 aromatic carbocycles. The average Bonchev–Trinajstić information content (AvgIpc) is 2.40. The first-order chi connectivity index (χ1) is 8.74. The summed E-state index contributed by atoms with van der Waals surface area (Å²) in [6, 6.07) is 18.9. The molecule has 0 aromatic heterocycles. The van der Waals surface area contributed by atoms with E-state index in [9.17, 15) is 0 Å². The Bertz CT molecular complexity index is 464. The molecule has 0 heterocycles. The normalized spacial score (nSPS) is 12.1. The molecule has 0 saturated carbocycles. The summed E-state index contributed by atoms with van der Waals surface area (Å²) in [6.45, 7) is 2.21. The zero-order valence-corrected chi connectivity index (χ0v) is 11.3. The van der Waals surface area contributed by atoms with Gasteiger partial charge < -0.3 is 5.32 Å². The van der Waals surface area contributed by atoms with E-state index in [0.717, 1.165) is 23.6 Å². The molecule has 2 aromatic rings. The molecule has 0 aliphatic rings. The predicted octanol–water partition coefficient (Wildman–Crippen LogP) is 4.77. The minimum atomic E-state index is 0.450. The Labute approximate surface area is 114 Å². The van der Waals surface area contributed by atoms with Crippen LogP contribution < -0.4 is 5.32 Å². The first-order valence-corrected chi connectivity index (χ1v) is 6.68. The van der Waals surface area contributed by atoms with E-state index in [1.54, 1.807) is 0 Å². The second kappa shape index (κ2) is 6.46. The second-order valence-corrected chi connectivity index (χ2v) is 5.01. The standard InChI is InChI=1S/C16H18ClN/c1-13(7-8-14-5-3-2-4-6-14)18-16-11-9-15(17)10-12-16/h2-6,9-13,18H,7-8H2,1H3. The van der Waals surface area contributed by atoms with E-state index >= 15 is 0 Å². The fraction of sp³-hybridized carbons (Fsp3) is 0.250. The number of aryl methyl sites for hydroxylation is 1. The van der Waals surface area contributed by atoms with Gasteiger partial charge in [-0.05, 0) is 49.6 Å². The number of benzene rings is 2. The maximum Gasteiger partial charge on any atom is 0.0407 e. The van der Waals surface area contributed by atoms with Gasteiger partial charge in [-0.1, -0.05) is 41.9 Å². The van der Waals surface area contributed by atoms with Crippen molar-refractivity contribution in [1.82, 2.24) is 0 Å². The predicted molar refractivity (Wildman–Crippen MR) is 79.3 cm³/mol. The maximum absolute atomic E-state index is 5.86. The monoisotopic (exact) mass is 259 g/mol. The maximum atomic E-state index is 5.86. The van der Waals surface area contributed by atoms with Gasteiger partial charge in [0.1, 0.15) is 0 Å². The molecular weight excluding hydrogens is 242 g/mol. The molecule has 0 aliphatic carbocycles. The Balaban J connectivity index is 1.82. The molecule has 94 valence electrons. The van der Waals surface area contributed by atoms with Gasteiger partial charge in [-0.2, -0.15) is 0 Å². The van der Waals surface area contributed by atoms with Crippen LogP contribution in [0.15, 0.2) is 54.6 Å². The van der Waals surface area contributed by atoms with Crippen molar-refractivity contribution in [3.63, 3.8) is 0 Å². The van der Waals surface area contributed by atoms with E-state index in [2.05, 4.69) is 42.6 Å². The lowest BCUT2D eigenvalue weighted by molar-refractivity contribution is 0.706. The van der Waals surface area contributed by atoms with Crippen molar-refractivity contribution in [2.24, 2.45) is 0 Å². The van der Waals surface area contributed by atoms with Crippen LogP contribution in [0.5, 0.6) is 0 Å². The largest absolute Gasteiger partial charge is 0.383 e. The summed E-state index contributed by atoms with van der Waals surface area (Å²) in [5.74, 6) is 0. The van der Waals surface area contributed by atoms with Gasteiger partial charge in [-0.25, -0.2) is 0 Å². The molecule has 2 rings (SSSR count). The summed E-state index contributed by atoms with van der Waals surface area (Å²) in [6.07, 6.45) is 2.22. The van der Waals surface area contributed by atoms with Crippen LogP contribution in [0.25, 0.3) is 0 Å². The van der Waals surface area contributed by atoms with Crippen molar-refractivity contribution in [3.8, 4) is 0 Å². The summed E-state index contributed by atoms with van der Waals surface area (Å²) in [5, 5.41) is 4.26. The SMILES string of the molecule is CC(CCc1ccccc1)Nc1ccc(Cl)cc1. The third kappa shape index (κ3) is 4.08. The molecule has 0 bridgehead atoms. The minimum absolute atomic E-state index is 0.450. The summed E-state index contributed by atoms with van der Waals surface area (Å²) < 4.78 is 0. The van der Waals surface area contributed by atoms with E-state index in [0.29, 0.717) is 6.04 Å². The van der Waals surface area contributed by atoms with Gasteiger partial charge in [0.25, 0.3) is 0 Å². The molecular formula is C16H18ClN. The third-order valence-corrected chi connectivity index (χ3v) is 3.22. The summed E-state index contributed by atoms with van der Waals surface area (Å²) in [7, 11) is 0. The van der Waals surface area contributed by atoms with Crippen LogP contribution in [0.1, 0.15) is 18.9 Å². The number of nitrogens with one attached hydrogen (secondary N) is 1. The molecule has 2 heteroatoms. The van der Waals surface area contributed by atoms with Crippen LogP contribution in [0.4, 0.5) is 5.69 Å². The van der Waals surface area contributed by atoms with Crippen molar-refractivity contribution in [1.29, 1.82) is 0 Å². The molecule has 0 amide bonds. The van der Waals surface area contributed by atoms with Gasteiger partial charge in [-0.15, -0.1) is 0 Å². The molecule has 1 atom stereocenters. The third-order valence-electron chi connectivity index (χ3n) is 2.97. The number of rotatable bonds is 5. The number of halogens is 1. The summed E-state index contributed by atoms with van der Waals surface area (Å²) in [5.41, 5.74) is 2.52. The lowest BCUT2D eigenvalue weighted by Crippen LogP contribution is -2.15. The number of anilines is 1. The minimum Gasteiger partial charge on any atom is -0.383 e. The Morgan fingerprint density at radius 2 is 1.67 bits per heavy atom. The van der Waals surface area contributed by atoms with Crippen LogP contribution in [0.3, 0.4) is 0 Å². The van der Waals surface area contributed by atoms with Crippen molar-refractivity contribution >= 4 is 17.3 Å². The van der Waals surface area contributed by atoms with E-state index in [-0.39, 0.29) is 0 Å². The molecule has 1 N–H and O–H groups in total. The number of hydrogen-bond acceptors (Lipinski definition) is 1. The van der Waals surface area contributed by atoms with Gasteiger partial charge in [0.05, 0.1) is 0 Å². The topological polar surface area (TPSA) is 12.0 Å². The van der Waals surface area contributed by atoms with Gasteiger partial charge in [-0.3, -0.25) is 0 Å². The lowest BCUT2D eigenvalue weighted by Gasteiger charge is -2.15. The highest BCUT2D eigenvalue weighted by molar-refractivity contribution is 6.30. The molecule has 0 radical (unpaired) electrons. The number of hydrogen-bond donors (Lipinski definition) is 1. The van der Waals surface area contributed by atoms with E-state index in [1.807, 2.05) is 24.3 Å². The molecule has 1 nitrogen and oxygen atoms in total. The Kier molecular flexibility index (Phi) is 4.66. The Morgan fingerprint density at radius 1 is 1.00 bits per heavy atom. The summed E-state index contributed by atoms with van der Waals surface area (Å²) >= 11 is 5.86. The molecule has 0 aliphatic heterocycles. The van der Waals surface area contributed by atoms with E-state index in [4.69, 9.17) is 11.6 Å². The highest BCUT2D eigenvalue weighted by Gasteiger charge is 2.02. The Morgan fingerprint density at radius 3 is 2.33 bits per heavy atom. The first kappa shape index (κ1) is 13.0. The van der Waals surface area contributed by atoms with Gasteiger partial charge in [0.15, 0.2) is 0 Å².